The van der Waals surface area contributed by atoms with E-state index in [1.165, 1.54) is 0 Å². The minimum Gasteiger partial charge on any atom is -0.505 e. The minimum absolute atomic E-state index is 0.172. The van der Waals surface area contributed by atoms with Gasteiger partial charge in [-0.1, -0.05) is 5.11 Å². The molecular formula is C6H3F2N3O. The van der Waals surface area contributed by atoms with Crippen molar-refractivity contribution in [2.75, 3.05) is 0 Å². The van der Waals surface area contributed by atoms with E-state index < -0.39 is 17.4 Å². The first kappa shape index (κ1) is 8.29. The number of phenols is 1. The number of hydrogen-bond donors (Lipinski definition) is 1. The molecule has 0 aliphatic carbocycles. The molecule has 0 radical (unpaired) electrons. The zero-order valence-corrected chi connectivity index (χ0v) is 5.70. The molecule has 0 spiro atoms. The van der Waals surface area contributed by atoms with Crippen LogP contribution >= 0.6 is 0 Å². The van der Waals surface area contributed by atoms with Gasteiger partial charge in [0, 0.05) is 10.6 Å². The molecule has 0 saturated carbocycles. The van der Waals surface area contributed by atoms with Gasteiger partial charge in [-0.25, -0.2) is 4.39 Å². The van der Waals surface area contributed by atoms with Gasteiger partial charge in [0.05, 0.1) is 0 Å². The zero-order valence-electron chi connectivity index (χ0n) is 5.70. The summed E-state index contributed by atoms with van der Waals surface area (Å²) in [6.45, 7) is 0. The van der Waals surface area contributed by atoms with Gasteiger partial charge >= 0.3 is 0 Å². The van der Waals surface area contributed by atoms with Crippen LogP contribution in [0.5, 0.6) is 5.75 Å². The molecule has 0 amide bonds. The van der Waals surface area contributed by atoms with E-state index in [0.29, 0.717) is 6.07 Å². The van der Waals surface area contributed by atoms with Gasteiger partial charge in [-0.2, -0.15) is 4.39 Å². The molecule has 4 nitrogen and oxygen atoms in total. The first-order valence-electron chi connectivity index (χ1n) is 2.88. The quantitative estimate of drug-likeness (QED) is 0.393. The Morgan fingerprint density at radius 3 is 2.58 bits per heavy atom. The average molecular weight is 171 g/mol. The standard InChI is InChI=1S/C6H3F2N3O/c7-4-1-3(10-11-9)2-5(12)6(4)8/h1-2,12H. The molecule has 12 heavy (non-hydrogen) atoms. The lowest BCUT2D eigenvalue weighted by atomic mass is 10.3. The Hall–Kier alpha value is -1.81. The molecule has 0 atom stereocenters. The van der Waals surface area contributed by atoms with Crippen molar-refractivity contribution in [2.45, 2.75) is 0 Å². The maximum atomic E-state index is 12.4. The van der Waals surface area contributed by atoms with Crippen LogP contribution in [0.4, 0.5) is 14.5 Å². The van der Waals surface area contributed by atoms with E-state index in [0.717, 1.165) is 6.07 Å². The number of azide groups is 1. The topological polar surface area (TPSA) is 69.0 Å². The van der Waals surface area contributed by atoms with E-state index in [2.05, 4.69) is 10.0 Å². The summed E-state index contributed by atoms with van der Waals surface area (Å²) in [5.41, 5.74) is 7.76. The number of hydrogen-bond acceptors (Lipinski definition) is 2. The third-order valence-electron chi connectivity index (χ3n) is 1.15. The normalized spacial score (nSPS) is 9.17. The maximum Gasteiger partial charge on any atom is 0.200 e. The molecule has 0 fully saturated rings. The lowest BCUT2D eigenvalue weighted by Gasteiger charge is -1.97. The Morgan fingerprint density at radius 2 is 2.08 bits per heavy atom. The SMILES string of the molecule is [N-]=[N+]=Nc1cc(O)c(F)c(F)c1. The van der Waals surface area contributed by atoms with Crippen molar-refractivity contribution in [3.8, 4) is 5.75 Å². The number of phenolic OH excluding ortho intramolecular Hbond substituents is 1. The zero-order chi connectivity index (χ0) is 9.14. The van der Waals surface area contributed by atoms with E-state index in [4.69, 9.17) is 10.6 Å². The summed E-state index contributed by atoms with van der Waals surface area (Å²) in [4.78, 5) is 2.34. The highest BCUT2D eigenvalue weighted by Crippen LogP contribution is 2.25. The summed E-state index contributed by atoms with van der Waals surface area (Å²) < 4.78 is 24.8. The van der Waals surface area contributed by atoms with Gasteiger partial charge in [-0.05, 0) is 17.7 Å². The Bertz CT molecular complexity index is 337. The second-order valence-corrected chi connectivity index (χ2v) is 1.95. The molecule has 1 rings (SSSR count). The Kier molecular flexibility index (Phi) is 2.11. The fourth-order valence-electron chi connectivity index (χ4n) is 0.670. The van der Waals surface area contributed by atoms with Crippen molar-refractivity contribution in [1.29, 1.82) is 0 Å². The van der Waals surface area contributed by atoms with E-state index in [1.54, 1.807) is 0 Å². The summed E-state index contributed by atoms with van der Waals surface area (Å²) in [7, 11) is 0. The number of halogens is 2. The number of rotatable bonds is 1. The van der Waals surface area contributed by atoms with Gasteiger partial charge in [-0.3, -0.25) is 0 Å². The predicted molar refractivity (Wildman–Crippen MR) is 36.8 cm³/mol. The number of aromatic hydroxyl groups is 1. The molecule has 1 aromatic carbocycles. The molecule has 0 heterocycles. The summed E-state index contributed by atoms with van der Waals surface area (Å²) in [5, 5.41) is 11.7. The highest BCUT2D eigenvalue weighted by atomic mass is 19.2. The molecule has 0 aliphatic rings. The summed E-state index contributed by atoms with van der Waals surface area (Å²) >= 11 is 0. The third-order valence-corrected chi connectivity index (χ3v) is 1.15. The molecule has 0 aliphatic heterocycles. The van der Waals surface area contributed by atoms with Crippen LogP contribution < -0.4 is 0 Å². The van der Waals surface area contributed by atoms with Crippen molar-refractivity contribution in [3.05, 3.63) is 34.2 Å². The molecular weight excluding hydrogens is 168 g/mol. The maximum absolute atomic E-state index is 12.4. The van der Waals surface area contributed by atoms with Crippen LogP contribution in [0, 0.1) is 11.6 Å². The van der Waals surface area contributed by atoms with Crippen LogP contribution in [0.3, 0.4) is 0 Å². The largest absolute Gasteiger partial charge is 0.505 e. The summed E-state index contributed by atoms with van der Waals surface area (Å²) in [6.07, 6.45) is 0. The van der Waals surface area contributed by atoms with Crippen molar-refractivity contribution >= 4 is 5.69 Å². The lowest BCUT2D eigenvalue weighted by Crippen LogP contribution is -1.82. The Labute approximate surface area is 65.7 Å². The third kappa shape index (κ3) is 1.43. The highest BCUT2D eigenvalue weighted by molar-refractivity contribution is 5.43. The van der Waals surface area contributed by atoms with E-state index >= 15 is 0 Å². The van der Waals surface area contributed by atoms with Gasteiger partial charge in [0.2, 0.25) is 0 Å². The van der Waals surface area contributed by atoms with Crippen LogP contribution in [0.2, 0.25) is 0 Å². The molecule has 1 N–H and O–H groups in total. The van der Waals surface area contributed by atoms with Gasteiger partial charge in [0.1, 0.15) is 0 Å². The van der Waals surface area contributed by atoms with E-state index in [9.17, 15) is 8.78 Å². The van der Waals surface area contributed by atoms with E-state index in [-0.39, 0.29) is 5.69 Å². The van der Waals surface area contributed by atoms with Crippen LogP contribution in [0.1, 0.15) is 0 Å². The molecule has 0 saturated heterocycles. The lowest BCUT2D eigenvalue weighted by molar-refractivity contribution is 0.407. The first-order chi connectivity index (χ1) is 5.65. The van der Waals surface area contributed by atoms with Crippen molar-refractivity contribution in [2.24, 2.45) is 5.11 Å². The van der Waals surface area contributed by atoms with Gasteiger partial charge in [0.25, 0.3) is 0 Å². The Balaban J connectivity index is 3.30. The van der Waals surface area contributed by atoms with Crippen LogP contribution in [-0.2, 0) is 0 Å². The van der Waals surface area contributed by atoms with Crippen molar-refractivity contribution in [3.63, 3.8) is 0 Å². The van der Waals surface area contributed by atoms with Crippen molar-refractivity contribution in [1.82, 2.24) is 0 Å². The van der Waals surface area contributed by atoms with Gasteiger partial charge < -0.3 is 5.11 Å². The van der Waals surface area contributed by atoms with E-state index in [1.807, 2.05) is 0 Å². The number of nitrogens with zero attached hydrogens (tertiary/aromatic N) is 3. The van der Waals surface area contributed by atoms with Crippen LogP contribution in [-0.4, -0.2) is 5.11 Å². The molecule has 6 heteroatoms. The average Bonchev–Trinajstić information content (AvgIpc) is 2.01. The van der Waals surface area contributed by atoms with Gasteiger partial charge in [0.15, 0.2) is 17.4 Å². The minimum atomic E-state index is -1.35. The summed E-state index contributed by atoms with van der Waals surface area (Å²) in [5.74, 6) is -3.48. The molecule has 0 unspecified atom stereocenters. The molecule has 62 valence electrons. The predicted octanol–water partition coefficient (Wildman–Crippen LogP) is 2.61. The Morgan fingerprint density at radius 1 is 1.42 bits per heavy atom. The molecule has 1 aromatic rings. The molecule has 0 bridgehead atoms. The fraction of sp³-hybridized carbons (Fsp3) is 0. The smallest absolute Gasteiger partial charge is 0.200 e. The van der Waals surface area contributed by atoms with Crippen molar-refractivity contribution < 1.29 is 13.9 Å². The van der Waals surface area contributed by atoms with Gasteiger partial charge in [-0.15, -0.1) is 0 Å². The van der Waals surface area contributed by atoms with Crippen LogP contribution in [0.25, 0.3) is 10.4 Å². The second kappa shape index (κ2) is 3.06. The van der Waals surface area contributed by atoms with Crippen LogP contribution in [0.15, 0.2) is 17.2 Å². The molecule has 0 aromatic heterocycles. The fourth-order valence-corrected chi connectivity index (χ4v) is 0.670. The first-order valence-corrected chi connectivity index (χ1v) is 2.88. The monoisotopic (exact) mass is 171 g/mol. The summed E-state index contributed by atoms with van der Waals surface area (Å²) in [6, 6.07) is 1.52. The second-order valence-electron chi connectivity index (χ2n) is 1.95. The number of benzene rings is 1. The highest BCUT2D eigenvalue weighted by Gasteiger charge is 2.08.